The SMILES string of the molecule is CCOC(=O)C(c1ccc(Cl)cc1)c1ncnn1CC. The highest BCUT2D eigenvalue weighted by molar-refractivity contribution is 6.30. The standard InChI is InChI=1S/C14H16ClN3O2/c1-3-18-13(16-9-17-18)12(14(19)20-4-2)10-5-7-11(15)8-6-10/h5-9,12H,3-4H2,1-2H3. The minimum Gasteiger partial charge on any atom is -0.465 e. The van der Waals surface area contributed by atoms with Crippen molar-refractivity contribution >= 4 is 17.6 Å². The Balaban J connectivity index is 2.44. The molecule has 6 heteroatoms. The van der Waals surface area contributed by atoms with E-state index in [4.69, 9.17) is 16.3 Å². The first-order valence-electron chi connectivity index (χ1n) is 6.47. The third-order valence-corrected chi connectivity index (χ3v) is 3.18. The van der Waals surface area contributed by atoms with Crippen LogP contribution in [-0.4, -0.2) is 27.3 Å². The summed E-state index contributed by atoms with van der Waals surface area (Å²) in [5, 5.41) is 4.73. The first kappa shape index (κ1) is 14.5. The average Bonchev–Trinajstić information content (AvgIpc) is 2.90. The Kier molecular flexibility index (Phi) is 4.74. The molecule has 2 aromatic rings. The summed E-state index contributed by atoms with van der Waals surface area (Å²) in [7, 11) is 0. The number of aromatic nitrogens is 3. The van der Waals surface area contributed by atoms with Gasteiger partial charge in [-0.25, -0.2) is 9.67 Å². The van der Waals surface area contributed by atoms with Gasteiger partial charge in [-0.1, -0.05) is 23.7 Å². The summed E-state index contributed by atoms with van der Waals surface area (Å²) in [5.41, 5.74) is 0.788. The Morgan fingerprint density at radius 3 is 2.65 bits per heavy atom. The van der Waals surface area contributed by atoms with Crippen LogP contribution in [-0.2, 0) is 16.1 Å². The Morgan fingerprint density at radius 1 is 1.35 bits per heavy atom. The van der Waals surface area contributed by atoms with Crippen molar-refractivity contribution in [3.8, 4) is 0 Å². The van der Waals surface area contributed by atoms with E-state index >= 15 is 0 Å². The van der Waals surface area contributed by atoms with Crippen molar-refractivity contribution in [2.75, 3.05) is 6.61 Å². The number of rotatable bonds is 5. The van der Waals surface area contributed by atoms with Crippen LogP contribution in [0.25, 0.3) is 0 Å². The number of carbonyl (C=O) groups is 1. The number of halogens is 1. The molecule has 0 aliphatic carbocycles. The Bertz CT molecular complexity index is 580. The van der Waals surface area contributed by atoms with Crippen LogP contribution in [0.3, 0.4) is 0 Å². The maximum absolute atomic E-state index is 12.3. The molecule has 106 valence electrons. The molecule has 0 radical (unpaired) electrons. The fourth-order valence-corrected chi connectivity index (χ4v) is 2.14. The Labute approximate surface area is 122 Å². The lowest BCUT2D eigenvalue weighted by Gasteiger charge is -2.16. The molecule has 0 saturated carbocycles. The van der Waals surface area contributed by atoms with Gasteiger partial charge >= 0.3 is 5.97 Å². The van der Waals surface area contributed by atoms with Crippen LogP contribution in [0.5, 0.6) is 0 Å². The molecule has 0 aliphatic rings. The number of hydrogen-bond donors (Lipinski definition) is 0. The molecule has 0 N–H and O–H groups in total. The van der Waals surface area contributed by atoms with Crippen molar-refractivity contribution in [1.29, 1.82) is 0 Å². The molecule has 0 spiro atoms. The lowest BCUT2D eigenvalue weighted by atomic mass is 9.98. The van der Waals surface area contributed by atoms with Crippen molar-refractivity contribution in [3.63, 3.8) is 0 Å². The zero-order chi connectivity index (χ0) is 14.5. The van der Waals surface area contributed by atoms with Crippen molar-refractivity contribution in [3.05, 3.63) is 47.0 Å². The Hall–Kier alpha value is -1.88. The van der Waals surface area contributed by atoms with Gasteiger partial charge in [0.1, 0.15) is 18.1 Å². The highest BCUT2D eigenvalue weighted by Crippen LogP contribution is 2.25. The van der Waals surface area contributed by atoms with Crippen molar-refractivity contribution in [1.82, 2.24) is 14.8 Å². The van der Waals surface area contributed by atoms with Crippen molar-refractivity contribution < 1.29 is 9.53 Å². The van der Waals surface area contributed by atoms with E-state index in [2.05, 4.69) is 10.1 Å². The molecule has 1 heterocycles. The molecule has 1 atom stereocenters. The number of aryl methyl sites for hydroxylation is 1. The highest BCUT2D eigenvalue weighted by Gasteiger charge is 2.28. The molecular weight excluding hydrogens is 278 g/mol. The maximum Gasteiger partial charge on any atom is 0.321 e. The Morgan fingerprint density at radius 2 is 2.05 bits per heavy atom. The lowest BCUT2D eigenvalue weighted by Crippen LogP contribution is -2.21. The van der Waals surface area contributed by atoms with Gasteiger partial charge in [-0.2, -0.15) is 5.10 Å². The molecule has 1 aromatic heterocycles. The molecule has 0 amide bonds. The van der Waals surface area contributed by atoms with E-state index in [9.17, 15) is 4.79 Å². The molecule has 20 heavy (non-hydrogen) atoms. The molecule has 0 fully saturated rings. The largest absolute Gasteiger partial charge is 0.465 e. The third-order valence-electron chi connectivity index (χ3n) is 2.93. The lowest BCUT2D eigenvalue weighted by molar-refractivity contribution is -0.144. The first-order chi connectivity index (χ1) is 9.67. The summed E-state index contributed by atoms with van der Waals surface area (Å²) < 4.78 is 6.85. The molecule has 0 bridgehead atoms. The maximum atomic E-state index is 12.3. The number of carbonyl (C=O) groups excluding carboxylic acids is 1. The molecule has 0 aliphatic heterocycles. The summed E-state index contributed by atoms with van der Waals surface area (Å²) in [6, 6.07) is 7.10. The van der Waals surface area contributed by atoms with Crippen molar-refractivity contribution in [2.24, 2.45) is 0 Å². The highest BCUT2D eigenvalue weighted by atomic mass is 35.5. The normalized spacial score (nSPS) is 12.2. The minimum atomic E-state index is -0.588. The van der Waals surface area contributed by atoms with Gasteiger partial charge in [-0.05, 0) is 31.5 Å². The van der Waals surface area contributed by atoms with Crippen LogP contribution in [0.2, 0.25) is 5.02 Å². The number of hydrogen-bond acceptors (Lipinski definition) is 4. The van der Waals surface area contributed by atoms with Gasteiger partial charge < -0.3 is 4.74 Å². The van der Waals surface area contributed by atoms with Crippen molar-refractivity contribution in [2.45, 2.75) is 26.3 Å². The predicted molar refractivity (Wildman–Crippen MR) is 75.6 cm³/mol. The summed E-state index contributed by atoms with van der Waals surface area (Å²) in [5.74, 6) is -0.347. The van der Waals surface area contributed by atoms with Crippen LogP contribution >= 0.6 is 11.6 Å². The van der Waals surface area contributed by atoms with E-state index in [1.54, 1.807) is 35.9 Å². The van der Waals surface area contributed by atoms with E-state index in [1.165, 1.54) is 6.33 Å². The number of ether oxygens (including phenoxy) is 1. The van der Waals surface area contributed by atoms with Gasteiger partial charge in [-0.3, -0.25) is 4.79 Å². The molecule has 5 nitrogen and oxygen atoms in total. The second-order valence-corrected chi connectivity index (χ2v) is 4.61. The first-order valence-corrected chi connectivity index (χ1v) is 6.85. The zero-order valence-electron chi connectivity index (χ0n) is 11.4. The molecule has 1 unspecified atom stereocenters. The van der Waals surface area contributed by atoms with Gasteiger partial charge in [0, 0.05) is 11.6 Å². The molecule has 1 aromatic carbocycles. The molecule has 2 rings (SSSR count). The van der Waals surface area contributed by atoms with Gasteiger partial charge in [-0.15, -0.1) is 0 Å². The van der Waals surface area contributed by atoms with E-state index in [0.717, 1.165) is 5.56 Å². The van der Waals surface area contributed by atoms with Gasteiger partial charge in [0.05, 0.1) is 6.61 Å². The number of benzene rings is 1. The summed E-state index contributed by atoms with van der Waals surface area (Å²) in [4.78, 5) is 16.5. The van der Waals surface area contributed by atoms with E-state index < -0.39 is 5.92 Å². The third kappa shape index (κ3) is 2.99. The molecule has 0 saturated heterocycles. The van der Waals surface area contributed by atoms with Crippen LogP contribution < -0.4 is 0 Å². The monoisotopic (exact) mass is 293 g/mol. The molecular formula is C14H16ClN3O2. The fourth-order valence-electron chi connectivity index (χ4n) is 2.01. The van der Waals surface area contributed by atoms with Crippen LogP contribution in [0, 0.1) is 0 Å². The number of esters is 1. The summed E-state index contributed by atoms with van der Waals surface area (Å²) in [6.07, 6.45) is 1.45. The van der Waals surface area contributed by atoms with E-state index in [0.29, 0.717) is 24.0 Å². The zero-order valence-corrected chi connectivity index (χ0v) is 12.2. The van der Waals surface area contributed by atoms with Crippen LogP contribution in [0.15, 0.2) is 30.6 Å². The van der Waals surface area contributed by atoms with Crippen LogP contribution in [0.4, 0.5) is 0 Å². The van der Waals surface area contributed by atoms with E-state index in [-0.39, 0.29) is 5.97 Å². The van der Waals surface area contributed by atoms with E-state index in [1.807, 2.05) is 6.92 Å². The van der Waals surface area contributed by atoms with Gasteiger partial charge in [0.25, 0.3) is 0 Å². The minimum absolute atomic E-state index is 0.323. The second-order valence-electron chi connectivity index (χ2n) is 4.17. The quantitative estimate of drug-likeness (QED) is 0.795. The number of nitrogens with zero attached hydrogens (tertiary/aromatic N) is 3. The topological polar surface area (TPSA) is 57.0 Å². The summed E-state index contributed by atoms with van der Waals surface area (Å²) in [6.45, 7) is 4.69. The van der Waals surface area contributed by atoms with Gasteiger partial charge in [0.2, 0.25) is 0 Å². The fraction of sp³-hybridized carbons (Fsp3) is 0.357. The smallest absolute Gasteiger partial charge is 0.321 e. The average molecular weight is 294 g/mol. The summed E-state index contributed by atoms with van der Waals surface area (Å²) >= 11 is 5.89. The van der Waals surface area contributed by atoms with Gasteiger partial charge in [0.15, 0.2) is 0 Å². The predicted octanol–water partition coefficient (Wildman–Crippen LogP) is 2.65. The van der Waals surface area contributed by atoms with Crippen LogP contribution in [0.1, 0.15) is 31.2 Å². The second kappa shape index (κ2) is 6.52.